The summed E-state index contributed by atoms with van der Waals surface area (Å²) in [4.78, 5) is 6.53. The zero-order valence-corrected chi connectivity index (χ0v) is 21.3. The fraction of sp³-hybridized carbons (Fsp3) is 0.417. The number of benzene rings is 2. The second kappa shape index (κ2) is 10.7. The Kier molecular flexibility index (Phi) is 8.03. The van der Waals surface area contributed by atoms with Crippen molar-refractivity contribution in [3.05, 3.63) is 65.2 Å². The predicted molar refractivity (Wildman–Crippen MR) is 134 cm³/mol. The molecule has 0 radical (unpaired) electrons. The zero-order chi connectivity index (χ0) is 24.3. The average Bonchev–Trinajstić information content (AvgIpc) is 2.78. The quantitative estimate of drug-likeness (QED) is 0.388. The smallest absolute Gasteiger partial charge is 0.300 e. The van der Waals surface area contributed by atoms with Crippen LogP contribution in [-0.2, 0) is 15.0 Å². The van der Waals surface area contributed by atoms with Crippen molar-refractivity contribution in [2.24, 2.45) is 0 Å². The molecular weight excluding hydrogens is 501 g/mol. The highest BCUT2D eigenvalue weighted by Crippen LogP contribution is 2.47. The van der Waals surface area contributed by atoms with Crippen LogP contribution in [-0.4, -0.2) is 69.5 Å². The van der Waals surface area contributed by atoms with Gasteiger partial charge in [-0.15, -0.1) is 0 Å². The first-order valence-corrected chi connectivity index (χ1v) is 15.3. The molecule has 0 unspecified atom stereocenters. The molecule has 1 fully saturated rings. The van der Waals surface area contributed by atoms with Crippen molar-refractivity contribution in [3.63, 3.8) is 0 Å². The van der Waals surface area contributed by atoms with Gasteiger partial charge in [0.25, 0.3) is 0 Å². The van der Waals surface area contributed by atoms with Crippen molar-refractivity contribution in [3.8, 4) is 0 Å². The fourth-order valence-corrected chi connectivity index (χ4v) is 7.07. The molecule has 4 nitrogen and oxygen atoms in total. The van der Waals surface area contributed by atoms with Crippen LogP contribution in [0.5, 0.6) is 0 Å². The number of piperazine rings is 1. The summed E-state index contributed by atoms with van der Waals surface area (Å²) < 4.78 is 62.7. The predicted octanol–water partition coefficient (Wildman–Crippen LogP) is 5.30. The summed E-state index contributed by atoms with van der Waals surface area (Å²) in [7, 11) is -2.02. The number of hydrogen-bond donors (Lipinski definition) is 0. The summed E-state index contributed by atoms with van der Waals surface area (Å²) in [5.41, 5.74) is 1.87. The van der Waals surface area contributed by atoms with Crippen molar-refractivity contribution in [2.75, 3.05) is 51.3 Å². The van der Waals surface area contributed by atoms with E-state index in [1.54, 1.807) is 6.07 Å². The minimum absolute atomic E-state index is 0.571. The Balaban J connectivity index is 1.41. The lowest BCUT2D eigenvalue weighted by Crippen LogP contribution is -2.47. The minimum atomic E-state index is -4.37. The third kappa shape index (κ3) is 6.60. The van der Waals surface area contributed by atoms with E-state index in [-0.39, 0.29) is 0 Å². The van der Waals surface area contributed by atoms with Gasteiger partial charge in [0.05, 0.1) is 5.56 Å². The van der Waals surface area contributed by atoms with Crippen LogP contribution in [0.3, 0.4) is 0 Å². The van der Waals surface area contributed by atoms with E-state index in [9.17, 15) is 21.6 Å². The standard InChI is InChI=1S/C24H27F3N2O2S3/c1-34(30,31)32-16-15-29-13-11-28(12-14-29)10-4-6-19-20-5-2-3-7-22(20)33-23-9-8-18(17-21(19)23)24(25,26)27/h2-3,5-9,17H,4,10-16H2,1H3/b19-6+. The highest BCUT2D eigenvalue weighted by atomic mass is 33.1. The van der Waals surface area contributed by atoms with Gasteiger partial charge in [0, 0.05) is 61.1 Å². The molecule has 4 rings (SSSR count). The molecule has 0 bridgehead atoms. The second-order valence-corrected chi connectivity index (χ2v) is 14.1. The summed E-state index contributed by atoms with van der Waals surface area (Å²) >= 11 is 1.51. The molecule has 34 heavy (non-hydrogen) atoms. The molecule has 2 heterocycles. The topological polar surface area (TPSA) is 40.6 Å². The van der Waals surface area contributed by atoms with Gasteiger partial charge < -0.3 is 4.90 Å². The van der Waals surface area contributed by atoms with Gasteiger partial charge >= 0.3 is 6.18 Å². The number of fused-ring (bicyclic) bond motifs is 2. The van der Waals surface area contributed by atoms with Crippen molar-refractivity contribution in [1.82, 2.24) is 9.80 Å². The molecule has 1 saturated heterocycles. The van der Waals surface area contributed by atoms with E-state index in [4.69, 9.17) is 0 Å². The molecule has 2 aliphatic heterocycles. The SMILES string of the molecule is CS(=O)(=O)SCCN1CCN(CC/C=C2\c3ccccc3Sc3ccc(C(F)(F)F)cc32)CC1. The van der Waals surface area contributed by atoms with Crippen LogP contribution < -0.4 is 0 Å². The molecule has 184 valence electrons. The van der Waals surface area contributed by atoms with E-state index in [1.165, 1.54) is 24.1 Å². The van der Waals surface area contributed by atoms with Crippen molar-refractivity contribution >= 4 is 37.0 Å². The number of nitrogens with zero attached hydrogens (tertiary/aromatic N) is 2. The first kappa shape index (κ1) is 25.6. The molecule has 0 saturated carbocycles. The number of hydrogen-bond acceptors (Lipinski definition) is 6. The van der Waals surface area contributed by atoms with E-state index in [1.807, 2.05) is 24.3 Å². The van der Waals surface area contributed by atoms with E-state index in [2.05, 4.69) is 15.9 Å². The third-order valence-corrected chi connectivity index (χ3v) is 9.67. The van der Waals surface area contributed by atoms with Gasteiger partial charge in [-0.3, -0.25) is 4.90 Å². The largest absolute Gasteiger partial charge is 0.416 e. The number of alkyl halides is 3. The lowest BCUT2D eigenvalue weighted by atomic mass is 9.94. The monoisotopic (exact) mass is 528 g/mol. The first-order valence-electron chi connectivity index (χ1n) is 11.1. The van der Waals surface area contributed by atoms with Gasteiger partial charge in [-0.25, -0.2) is 8.42 Å². The fourth-order valence-electron chi connectivity index (χ4n) is 4.21. The lowest BCUT2D eigenvalue weighted by molar-refractivity contribution is -0.137. The third-order valence-electron chi connectivity index (χ3n) is 5.96. The number of halogens is 3. The maximum absolute atomic E-state index is 13.4. The van der Waals surface area contributed by atoms with Crippen LogP contribution in [0.15, 0.2) is 58.3 Å². The second-order valence-electron chi connectivity index (χ2n) is 8.42. The Morgan fingerprint density at radius 1 is 0.971 bits per heavy atom. The molecule has 2 aliphatic rings. The van der Waals surface area contributed by atoms with Gasteiger partial charge in [0.15, 0.2) is 8.87 Å². The molecule has 0 aromatic heterocycles. The van der Waals surface area contributed by atoms with Gasteiger partial charge in [0.2, 0.25) is 0 Å². The normalized spacial score (nSPS) is 18.6. The Morgan fingerprint density at radius 2 is 1.62 bits per heavy atom. The minimum Gasteiger partial charge on any atom is -0.300 e. The van der Waals surface area contributed by atoms with Gasteiger partial charge in [-0.05, 0) is 58.2 Å². The summed E-state index contributed by atoms with van der Waals surface area (Å²) in [6.07, 6.45) is -0.322. The molecule has 0 aliphatic carbocycles. The lowest BCUT2D eigenvalue weighted by Gasteiger charge is -2.34. The molecule has 10 heteroatoms. The zero-order valence-electron chi connectivity index (χ0n) is 18.8. The Hall–Kier alpha value is -1.46. The van der Waals surface area contributed by atoms with E-state index in [0.717, 1.165) is 83.5 Å². The van der Waals surface area contributed by atoms with Crippen molar-refractivity contribution in [2.45, 2.75) is 22.4 Å². The maximum Gasteiger partial charge on any atom is 0.416 e. The summed E-state index contributed by atoms with van der Waals surface area (Å²) in [5.74, 6) is 0.571. The van der Waals surface area contributed by atoms with Crippen molar-refractivity contribution < 1.29 is 21.6 Å². The molecule has 0 N–H and O–H groups in total. The molecule has 0 amide bonds. The number of rotatable bonds is 7. The maximum atomic E-state index is 13.4. The molecule has 2 aromatic carbocycles. The van der Waals surface area contributed by atoms with Crippen LogP contribution in [0.25, 0.3) is 5.57 Å². The summed E-state index contributed by atoms with van der Waals surface area (Å²) in [5, 5.41) is 0. The molecular formula is C24H27F3N2O2S3. The highest BCUT2D eigenvalue weighted by Gasteiger charge is 2.32. The van der Waals surface area contributed by atoms with Gasteiger partial charge in [-0.2, -0.15) is 13.2 Å². The first-order chi connectivity index (χ1) is 16.1. The van der Waals surface area contributed by atoms with Crippen LogP contribution >= 0.6 is 22.6 Å². The average molecular weight is 529 g/mol. The molecule has 0 atom stereocenters. The Bertz CT molecular complexity index is 1160. The Labute approximate surface area is 206 Å². The molecule has 0 spiro atoms. The Morgan fingerprint density at radius 3 is 2.29 bits per heavy atom. The van der Waals surface area contributed by atoms with Crippen LogP contribution in [0.2, 0.25) is 0 Å². The van der Waals surface area contributed by atoms with Crippen molar-refractivity contribution in [1.29, 1.82) is 0 Å². The molecule has 2 aromatic rings. The van der Waals surface area contributed by atoms with E-state index < -0.39 is 20.6 Å². The summed E-state index contributed by atoms with van der Waals surface area (Å²) in [6.45, 7) is 5.15. The van der Waals surface area contributed by atoms with E-state index in [0.29, 0.717) is 11.3 Å². The highest BCUT2D eigenvalue weighted by molar-refractivity contribution is 8.71. The van der Waals surface area contributed by atoms with Crippen LogP contribution in [0, 0.1) is 0 Å². The van der Waals surface area contributed by atoms with E-state index >= 15 is 0 Å². The summed E-state index contributed by atoms with van der Waals surface area (Å²) in [6, 6.07) is 11.9. The van der Waals surface area contributed by atoms with Gasteiger partial charge in [-0.1, -0.05) is 36.0 Å². The van der Waals surface area contributed by atoms with Crippen LogP contribution in [0.4, 0.5) is 13.2 Å². The van der Waals surface area contributed by atoms with Gasteiger partial charge in [0.1, 0.15) is 0 Å². The van der Waals surface area contributed by atoms with Crippen LogP contribution in [0.1, 0.15) is 23.1 Å².